The maximum Gasteiger partial charge on any atom is 0.321 e. The maximum absolute atomic E-state index is 12.6. The van der Waals surface area contributed by atoms with Crippen molar-refractivity contribution < 1.29 is 9.59 Å². The van der Waals surface area contributed by atoms with E-state index in [-0.39, 0.29) is 11.9 Å². The lowest BCUT2D eigenvalue weighted by molar-refractivity contribution is 0.0951. The molecule has 5 nitrogen and oxygen atoms in total. The van der Waals surface area contributed by atoms with Crippen molar-refractivity contribution in [1.29, 1.82) is 0 Å². The van der Waals surface area contributed by atoms with Crippen molar-refractivity contribution in [1.82, 2.24) is 10.2 Å². The maximum atomic E-state index is 12.6. The standard InChI is InChI=1S/C18H25N3O2S/c1-24-16-7-2-3-10-21(12-16)18(23)20-15-6-4-5-13(11-15)17(22)19-14-8-9-14/h4-6,11,14,16H,2-3,7-10,12H2,1H3,(H,19,22)(H,20,23)/t16-/m0/s1. The zero-order valence-corrected chi connectivity index (χ0v) is 14.9. The Labute approximate surface area is 147 Å². The summed E-state index contributed by atoms with van der Waals surface area (Å²) in [5.74, 6) is -0.0641. The van der Waals surface area contributed by atoms with Crippen molar-refractivity contribution in [2.45, 2.75) is 43.4 Å². The van der Waals surface area contributed by atoms with Crippen LogP contribution in [0.2, 0.25) is 0 Å². The van der Waals surface area contributed by atoms with Gasteiger partial charge in [-0.25, -0.2) is 4.79 Å². The highest BCUT2D eigenvalue weighted by Gasteiger charge is 2.24. The first-order chi connectivity index (χ1) is 11.7. The first-order valence-corrected chi connectivity index (χ1v) is 9.94. The summed E-state index contributed by atoms with van der Waals surface area (Å²) in [6.07, 6.45) is 7.62. The van der Waals surface area contributed by atoms with Gasteiger partial charge in [0.15, 0.2) is 0 Å². The van der Waals surface area contributed by atoms with Gasteiger partial charge in [0.2, 0.25) is 0 Å². The minimum absolute atomic E-state index is 0.0641. The molecule has 0 unspecified atom stereocenters. The fourth-order valence-corrected chi connectivity index (χ4v) is 3.65. The van der Waals surface area contributed by atoms with Gasteiger partial charge in [0.1, 0.15) is 0 Å². The van der Waals surface area contributed by atoms with E-state index < -0.39 is 0 Å². The lowest BCUT2D eigenvalue weighted by Gasteiger charge is -2.24. The smallest absolute Gasteiger partial charge is 0.321 e. The van der Waals surface area contributed by atoms with E-state index in [4.69, 9.17) is 0 Å². The molecule has 1 atom stereocenters. The van der Waals surface area contributed by atoms with Gasteiger partial charge in [0.05, 0.1) is 0 Å². The third-order valence-corrected chi connectivity index (χ3v) is 5.59. The number of amides is 3. The molecule has 1 aromatic rings. The topological polar surface area (TPSA) is 61.4 Å². The van der Waals surface area contributed by atoms with Gasteiger partial charge in [0, 0.05) is 35.6 Å². The normalized spacial score (nSPS) is 21.0. The van der Waals surface area contributed by atoms with Crippen LogP contribution >= 0.6 is 11.8 Å². The second kappa shape index (κ2) is 7.92. The Morgan fingerprint density at radius 2 is 2.04 bits per heavy atom. The third kappa shape index (κ3) is 4.66. The highest BCUT2D eigenvalue weighted by Crippen LogP contribution is 2.22. The fourth-order valence-electron chi connectivity index (χ4n) is 2.92. The number of benzene rings is 1. The van der Waals surface area contributed by atoms with Crippen LogP contribution < -0.4 is 10.6 Å². The molecule has 3 amide bonds. The predicted molar refractivity (Wildman–Crippen MR) is 98.7 cm³/mol. The molecule has 1 heterocycles. The van der Waals surface area contributed by atoms with Crippen molar-refractivity contribution in [2.24, 2.45) is 0 Å². The van der Waals surface area contributed by atoms with E-state index in [1.54, 1.807) is 12.1 Å². The summed E-state index contributed by atoms with van der Waals surface area (Å²) in [4.78, 5) is 26.6. The Balaban J connectivity index is 1.61. The molecule has 130 valence electrons. The Hall–Kier alpha value is -1.69. The zero-order chi connectivity index (χ0) is 16.9. The summed E-state index contributed by atoms with van der Waals surface area (Å²) >= 11 is 1.83. The quantitative estimate of drug-likeness (QED) is 0.878. The largest absolute Gasteiger partial charge is 0.349 e. The van der Waals surface area contributed by atoms with E-state index in [2.05, 4.69) is 16.9 Å². The Bertz CT molecular complexity index is 604. The number of nitrogens with one attached hydrogen (secondary N) is 2. The second-order valence-electron chi connectivity index (χ2n) is 6.56. The summed E-state index contributed by atoms with van der Waals surface area (Å²) in [5.41, 5.74) is 1.27. The number of hydrogen-bond acceptors (Lipinski definition) is 3. The highest BCUT2D eigenvalue weighted by atomic mass is 32.2. The Kier molecular flexibility index (Phi) is 5.66. The molecule has 1 saturated heterocycles. The lowest BCUT2D eigenvalue weighted by atomic mass is 10.2. The van der Waals surface area contributed by atoms with Gasteiger partial charge in [-0.2, -0.15) is 11.8 Å². The molecule has 0 radical (unpaired) electrons. The molecule has 1 aliphatic heterocycles. The molecule has 0 spiro atoms. The molecule has 1 aromatic carbocycles. The SMILES string of the molecule is CS[C@H]1CCCCN(C(=O)Nc2cccc(C(=O)NC3CC3)c2)C1. The van der Waals surface area contributed by atoms with E-state index in [9.17, 15) is 9.59 Å². The van der Waals surface area contributed by atoms with Crippen LogP contribution in [-0.2, 0) is 0 Å². The van der Waals surface area contributed by atoms with Crippen LogP contribution in [0.1, 0.15) is 42.5 Å². The van der Waals surface area contributed by atoms with Gasteiger partial charge in [-0.1, -0.05) is 12.5 Å². The minimum atomic E-state index is -0.0734. The van der Waals surface area contributed by atoms with E-state index in [1.807, 2.05) is 28.8 Å². The Morgan fingerprint density at radius 1 is 1.21 bits per heavy atom. The van der Waals surface area contributed by atoms with E-state index in [1.165, 1.54) is 12.8 Å². The summed E-state index contributed by atoms with van der Waals surface area (Å²) in [7, 11) is 0. The number of carbonyl (C=O) groups is 2. The van der Waals surface area contributed by atoms with E-state index in [0.29, 0.717) is 22.5 Å². The Morgan fingerprint density at radius 3 is 2.79 bits per heavy atom. The molecule has 2 aliphatic rings. The van der Waals surface area contributed by atoms with Crippen LogP contribution in [0, 0.1) is 0 Å². The molecule has 24 heavy (non-hydrogen) atoms. The summed E-state index contributed by atoms with van der Waals surface area (Å²) in [6, 6.07) is 7.43. The molecule has 1 saturated carbocycles. The highest BCUT2D eigenvalue weighted by molar-refractivity contribution is 7.99. The van der Waals surface area contributed by atoms with Gasteiger partial charge in [0.25, 0.3) is 5.91 Å². The first kappa shape index (κ1) is 17.1. The third-order valence-electron chi connectivity index (χ3n) is 4.54. The van der Waals surface area contributed by atoms with Crippen LogP contribution in [0.15, 0.2) is 24.3 Å². The molecular formula is C18H25N3O2S. The predicted octanol–water partition coefficient (Wildman–Crippen LogP) is 3.33. The van der Waals surface area contributed by atoms with Gasteiger partial charge < -0.3 is 15.5 Å². The minimum Gasteiger partial charge on any atom is -0.349 e. The average Bonchev–Trinajstić information content (AvgIpc) is 3.41. The van der Waals surface area contributed by atoms with Crippen molar-refractivity contribution in [3.8, 4) is 0 Å². The van der Waals surface area contributed by atoms with Gasteiger partial charge >= 0.3 is 6.03 Å². The molecule has 0 aromatic heterocycles. The number of urea groups is 1. The molecule has 2 N–H and O–H groups in total. The molecule has 6 heteroatoms. The molecule has 2 fully saturated rings. The van der Waals surface area contributed by atoms with E-state index >= 15 is 0 Å². The fraction of sp³-hybridized carbons (Fsp3) is 0.556. The van der Waals surface area contributed by atoms with E-state index in [0.717, 1.165) is 32.4 Å². The van der Waals surface area contributed by atoms with Crippen molar-refractivity contribution in [2.75, 3.05) is 24.7 Å². The lowest BCUT2D eigenvalue weighted by Crippen LogP contribution is -2.38. The molecule has 1 aliphatic carbocycles. The van der Waals surface area contributed by atoms with Gasteiger partial charge in [-0.15, -0.1) is 0 Å². The first-order valence-electron chi connectivity index (χ1n) is 8.65. The molecule has 0 bridgehead atoms. The van der Waals surface area contributed by atoms with Gasteiger partial charge in [-0.05, 0) is 50.1 Å². The number of thioether (sulfide) groups is 1. The van der Waals surface area contributed by atoms with Crippen LogP contribution in [0.25, 0.3) is 0 Å². The van der Waals surface area contributed by atoms with Crippen LogP contribution in [0.5, 0.6) is 0 Å². The van der Waals surface area contributed by atoms with Crippen LogP contribution in [-0.4, -0.2) is 47.5 Å². The van der Waals surface area contributed by atoms with Crippen LogP contribution in [0.3, 0.4) is 0 Å². The number of rotatable bonds is 4. The number of carbonyl (C=O) groups excluding carboxylic acids is 2. The summed E-state index contributed by atoms with van der Waals surface area (Å²) in [6.45, 7) is 1.58. The summed E-state index contributed by atoms with van der Waals surface area (Å²) < 4.78 is 0. The number of hydrogen-bond donors (Lipinski definition) is 2. The molecular weight excluding hydrogens is 322 g/mol. The van der Waals surface area contributed by atoms with Crippen molar-refractivity contribution in [3.63, 3.8) is 0 Å². The number of likely N-dealkylation sites (tertiary alicyclic amines) is 1. The number of nitrogens with zero attached hydrogens (tertiary/aromatic N) is 1. The van der Waals surface area contributed by atoms with Gasteiger partial charge in [-0.3, -0.25) is 4.79 Å². The second-order valence-corrected chi connectivity index (χ2v) is 7.70. The van der Waals surface area contributed by atoms with Crippen molar-refractivity contribution >= 4 is 29.4 Å². The molecule has 3 rings (SSSR count). The zero-order valence-electron chi connectivity index (χ0n) is 14.1. The monoisotopic (exact) mass is 347 g/mol. The number of anilines is 1. The van der Waals surface area contributed by atoms with Crippen molar-refractivity contribution in [3.05, 3.63) is 29.8 Å². The average molecular weight is 347 g/mol. The van der Waals surface area contributed by atoms with Crippen LogP contribution in [0.4, 0.5) is 10.5 Å². The summed E-state index contributed by atoms with van der Waals surface area (Å²) in [5, 5.41) is 6.43.